The standard InChI is InChI=1S/C12H21NO3S/c1-2-9-5-8(6-11(9)12(14)15)7-13-17(16)10-3-4-10/h8-11,13H,2-7H2,1H3,(H,14,15). The van der Waals surface area contributed by atoms with Gasteiger partial charge in [-0.15, -0.1) is 0 Å². The van der Waals surface area contributed by atoms with Crippen LogP contribution in [0.1, 0.15) is 39.0 Å². The average Bonchev–Trinajstić information content (AvgIpc) is 3.06. The van der Waals surface area contributed by atoms with Crippen molar-refractivity contribution >= 4 is 17.0 Å². The molecule has 0 saturated heterocycles. The third-order valence-corrected chi connectivity index (χ3v) is 5.50. The summed E-state index contributed by atoms with van der Waals surface area (Å²) in [5, 5.41) is 9.48. The molecule has 5 heteroatoms. The topological polar surface area (TPSA) is 66.4 Å². The van der Waals surface area contributed by atoms with Crippen molar-refractivity contribution in [2.45, 2.75) is 44.3 Å². The van der Waals surface area contributed by atoms with E-state index in [1.165, 1.54) is 0 Å². The maximum Gasteiger partial charge on any atom is 0.306 e. The van der Waals surface area contributed by atoms with E-state index < -0.39 is 17.0 Å². The number of carbonyl (C=O) groups is 1. The summed E-state index contributed by atoms with van der Waals surface area (Å²) in [5.74, 6) is -0.179. The Balaban J connectivity index is 1.78. The van der Waals surface area contributed by atoms with Crippen LogP contribution in [0.4, 0.5) is 0 Å². The summed E-state index contributed by atoms with van der Waals surface area (Å²) in [5.41, 5.74) is 0. The van der Waals surface area contributed by atoms with Crippen LogP contribution >= 0.6 is 0 Å². The monoisotopic (exact) mass is 259 g/mol. The Bertz CT molecular complexity index is 317. The van der Waals surface area contributed by atoms with Gasteiger partial charge in [0.1, 0.15) is 0 Å². The minimum atomic E-state index is -0.889. The second kappa shape index (κ2) is 5.48. The lowest BCUT2D eigenvalue weighted by Gasteiger charge is -2.11. The van der Waals surface area contributed by atoms with Gasteiger partial charge in [0, 0.05) is 11.8 Å². The predicted octanol–water partition coefficient (Wildman–Crippen LogP) is 1.54. The van der Waals surface area contributed by atoms with Crippen molar-refractivity contribution in [2.75, 3.05) is 6.54 Å². The van der Waals surface area contributed by atoms with Gasteiger partial charge in [0.2, 0.25) is 0 Å². The second-order valence-corrected chi connectivity index (χ2v) is 6.85. The molecule has 2 saturated carbocycles. The fourth-order valence-electron chi connectivity index (χ4n) is 2.76. The Morgan fingerprint density at radius 2 is 2.12 bits per heavy atom. The molecule has 2 fully saturated rings. The summed E-state index contributed by atoms with van der Waals surface area (Å²) in [6.45, 7) is 2.77. The molecule has 2 N–H and O–H groups in total. The highest BCUT2D eigenvalue weighted by Gasteiger charge is 2.38. The van der Waals surface area contributed by atoms with Gasteiger partial charge >= 0.3 is 5.97 Å². The zero-order valence-electron chi connectivity index (χ0n) is 10.2. The van der Waals surface area contributed by atoms with Crippen LogP contribution in [0.15, 0.2) is 0 Å². The lowest BCUT2D eigenvalue weighted by Crippen LogP contribution is -2.26. The minimum absolute atomic E-state index is 0.193. The summed E-state index contributed by atoms with van der Waals surface area (Å²) >= 11 is 0. The van der Waals surface area contributed by atoms with E-state index >= 15 is 0 Å². The van der Waals surface area contributed by atoms with Crippen molar-refractivity contribution in [1.82, 2.24) is 4.72 Å². The molecule has 0 radical (unpaired) electrons. The summed E-state index contributed by atoms with van der Waals surface area (Å²) < 4.78 is 14.7. The highest BCUT2D eigenvalue weighted by atomic mass is 32.2. The number of nitrogens with one attached hydrogen (secondary N) is 1. The molecule has 0 aromatic heterocycles. The molecule has 4 unspecified atom stereocenters. The molecule has 98 valence electrons. The molecule has 2 aliphatic carbocycles. The number of hydrogen-bond acceptors (Lipinski definition) is 2. The summed E-state index contributed by atoms with van der Waals surface area (Å²) in [6.07, 6.45) is 4.77. The molecule has 0 spiro atoms. The smallest absolute Gasteiger partial charge is 0.306 e. The van der Waals surface area contributed by atoms with E-state index in [9.17, 15) is 9.00 Å². The summed E-state index contributed by atoms with van der Waals surface area (Å²) in [7, 11) is -0.889. The lowest BCUT2D eigenvalue weighted by molar-refractivity contribution is -0.143. The van der Waals surface area contributed by atoms with E-state index in [0.717, 1.165) is 32.1 Å². The SMILES string of the molecule is CCC1CC(CNS(=O)C2CC2)CC1C(=O)O. The molecule has 0 amide bonds. The largest absolute Gasteiger partial charge is 0.481 e. The Kier molecular flexibility index (Phi) is 4.20. The minimum Gasteiger partial charge on any atom is -0.481 e. The molecule has 17 heavy (non-hydrogen) atoms. The Morgan fingerprint density at radius 1 is 1.41 bits per heavy atom. The van der Waals surface area contributed by atoms with Crippen molar-refractivity contribution < 1.29 is 14.1 Å². The van der Waals surface area contributed by atoms with Crippen LogP contribution in [0.3, 0.4) is 0 Å². The molecule has 4 nitrogen and oxygen atoms in total. The molecule has 0 aromatic rings. The molecule has 2 aliphatic rings. The van der Waals surface area contributed by atoms with Gasteiger partial charge in [0.05, 0.1) is 16.9 Å². The number of hydrogen-bond donors (Lipinski definition) is 2. The normalized spacial score (nSPS) is 34.8. The van der Waals surface area contributed by atoms with Gasteiger partial charge in [-0.25, -0.2) is 8.93 Å². The van der Waals surface area contributed by atoms with Crippen LogP contribution in [0.25, 0.3) is 0 Å². The summed E-state index contributed by atoms with van der Waals surface area (Å²) in [4.78, 5) is 11.1. The van der Waals surface area contributed by atoms with Crippen molar-refractivity contribution in [1.29, 1.82) is 0 Å². The maximum absolute atomic E-state index is 11.6. The number of carboxylic acids is 1. The Labute approximate surface area is 105 Å². The fourth-order valence-corrected chi connectivity index (χ4v) is 3.96. The van der Waals surface area contributed by atoms with Crippen molar-refractivity contribution in [3.8, 4) is 0 Å². The molecule has 0 aliphatic heterocycles. The highest BCUT2D eigenvalue weighted by molar-refractivity contribution is 7.84. The first-order valence-corrected chi connectivity index (χ1v) is 7.70. The van der Waals surface area contributed by atoms with Crippen molar-refractivity contribution in [3.63, 3.8) is 0 Å². The van der Waals surface area contributed by atoms with Gasteiger partial charge in [0.25, 0.3) is 0 Å². The molecule has 0 aromatic carbocycles. The van der Waals surface area contributed by atoms with E-state index in [1.54, 1.807) is 0 Å². The highest BCUT2D eigenvalue weighted by Crippen LogP contribution is 2.38. The average molecular weight is 259 g/mol. The third kappa shape index (κ3) is 3.28. The molecular formula is C12H21NO3S. The first-order chi connectivity index (χ1) is 8.11. The van der Waals surface area contributed by atoms with Crippen molar-refractivity contribution in [2.24, 2.45) is 17.8 Å². The van der Waals surface area contributed by atoms with E-state index in [2.05, 4.69) is 11.6 Å². The first-order valence-electron chi connectivity index (χ1n) is 6.48. The third-order valence-electron chi connectivity index (χ3n) is 3.98. The Morgan fingerprint density at radius 3 is 2.59 bits per heavy atom. The number of aliphatic carboxylic acids is 1. The second-order valence-electron chi connectivity index (χ2n) is 5.30. The van der Waals surface area contributed by atoms with Gasteiger partial charge in [0.15, 0.2) is 0 Å². The first kappa shape index (κ1) is 13.0. The lowest BCUT2D eigenvalue weighted by atomic mass is 9.94. The zero-order valence-corrected chi connectivity index (χ0v) is 11.0. The maximum atomic E-state index is 11.6. The van der Waals surface area contributed by atoms with Crippen LogP contribution in [0, 0.1) is 17.8 Å². The number of carboxylic acid groups (broad SMARTS) is 1. The van der Waals surface area contributed by atoms with E-state index in [0.29, 0.717) is 23.6 Å². The van der Waals surface area contributed by atoms with Crippen LogP contribution in [0.5, 0.6) is 0 Å². The van der Waals surface area contributed by atoms with Crippen LogP contribution in [-0.2, 0) is 15.8 Å². The molecule has 2 rings (SSSR count). The predicted molar refractivity (Wildman–Crippen MR) is 66.8 cm³/mol. The van der Waals surface area contributed by atoms with Crippen LogP contribution in [0.2, 0.25) is 0 Å². The molecule has 0 heterocycles. The van der Waals surface area contributed by atoms with Gasteiger partial charge in [-0.3, -0.25) is 4.79 Å². The summed E-state index contributed by atoms with van der Waals surface area (Å²) in [6, 6.07) is 0. The van der Waals surface area contributed by atoms with Gasteiger partial charge < -0.3 is 5.11 Å². The van der Waals surface area contributed by atoms with Crippen LogP contribution < -0.4 is 4.72 Å². The molecule has 4 atom stereocenters. The Hall–Kier alpha value is -0.420. The quantitative estimate of drug-likeness (QED) is 0.760. The van der Waals surface area contributed by atoms with E-state index in [-0.39, 0.29) is 5.92 Å². The van der Waals surface area contributed by atoms with Crippen LogP contribution in [-0.4, -0.2) is 27.1 Å². The zero-order chi connectivity index (χ0) is 12.4. The number of rotatable bonds is 6. The molecular weight excluding hydrogens is 238 g/mol. The van der Waals surface area contributed by atoms with Crippen molar-refractivity contribution in [3.05, 3.63) is 0 Å². The fraction of sp³-hybridized carbons (Fsp3) is 0.917. The van der Waals surface area contributed by atoms with Gasteiger partial charge in [-0.1, -0.05) is 13.3 Å². The van der Waals surface area contributed by atoms with E-state index in [1.807, 2.05) is 0 Å². The van der Waals surface area contributed by atoms with E-state index in [4.69, 9.17) is 5.11 Å². The molecule has 0 bridgehead atoms. The van der Waals surface area contributed by atoms with Gasteiger partial charge in [-0.05, 0) is 37.5 Å². The van der Waals surface area contributed by atoms with Gasteiger partial charge in [-0.2, -0.15) is 0 Å².